The summed E-state index contributed by atoms with van der Waals surface area (Å²) >= 11 is 12.1. The summed E-state index contributed by atoms with van der Waals surface area (Å²) < 4.78 is 47.3. The van der Waals surface area contributed by atoms with Crippen LogP contribution in [0.25, 0.3) is 0 Å². The molecule has 0 aromatic heterocycles. The molecule has 3 rings (SSSR count). The van der Waals surface area contributed by atoms with Gasteiger partial charge in [-0.05, 0) is 47.9 Å². The normalized spacial score (nSPS) is 12.2. The number of amides is 1. The quantitative estimate of drug-likeness (QED) is 0.448. The number of carbonyl (C=O) groups excluding carboxylic acids is 1. The standard InChI is InChI=1S/C23H21Cl2FN2O4S/c1-32-21-10-9-18(26)13-22(21)33(30,31)28-20(11-15-5-3-2-4-6-15)23(29)27-14-16-7-8-17(24)12-19(16)25/h2-10,12-13,20,28H,11,14H2,1H3,(H,27,29). The second kappa shape index (κ2) is 11.0. The topological polar surface area (TPSA) is 84.5 Å². The molecule has 1 atom stereocenters. The lowest BCUT2D eigenvalue weighted by molar-refractivity contribution is -0.122. The SMILES string of the molecule is COc1ccc(F)cc1S(=O)(=O)NC(Cc1ccccc1)C(=O)NCc1ccc(Cl)cc1Cl. The molecular weight excluding hydrogens is 490 g/mol. The number of benzene rings is 3. The highest BCUT2D eigenvalue weighted by atomic mass is 35.5. The van der Waals surface area contributed by atoms with Gasteiger partial charge in [0, 0.05) is 16.6 Å². The van der Waals surface area contributed by atoms with Crippen LogP contribution in [-0.4, -0.2) is 27.5 Å². The second-order valence-electron chi connectivity index (χ2n) is 7.11. The smallest absolute Gasteiger partial charge is 0.245 e. The Labute approximate surface area is 201 Å². The van der Waals surface area contributed by atoms with Crippen molar-refractivity contribution in [3.05, 3.63) is 93.7 Å². The average Bonchev–Trinajstić information content (AvgIpc) is 2.78. The number of hydrogen-bond acceptors (Lipinski definition) is 4. The molecular formula is C23H21Cl2FN2O4S. The zero-order valence-electron chi connectivity index (χ0n) is 17.5. The minimum atomic E-state index is -4.31. The zero-order chi connectivity index (χ0) is 24.0. The molecule has 10 heteroatoms. The number of halogens is 3. The molecule has 0 aliphatic heterocycles. The molecule has 0 saturated heterocycles. The third-order valence-corrected chi connectivity index (χ3v) is 6.86. The van der Waals surface area contributed by atoms with Gasteiger partial charge in [-0.1, -0.05) is 59.6 Å². The molecule has 0 heterocycles. The van der Waals surface area contributed by atoms with Gasteiger partial charge in [-0.2, -0.15) is 4.72 Å². The van der Waals surface area contributed by atoms with Crippen LogP contribution in [0.5, 0.6) is 5.75 Å². The molecule has 0 aliphatic carbocycles. The Morgan fingerprint density at radius 2 is 1.79 bits per heavy atom. The summed E-state index contributed by atoms with van der Waals surface area (Å²) in [5.74, 6) is -1.38. The summed E-state index contributed by atoms with van der Waals surface area (Å²) in [6.45, 7) is 0.0607. The van der Waals surface area contributed by atoms with E-state index in [2.05, 4.69) is 10.0 Å². The van der Waals surface area contributed by atoms with Crippen molar-refractivity contribution >= 4 is 39.1 Å². The predicted molar refractivity (Wildman–Crippen MR) is 126 cm³/mol. The van der Waals surface area contributed by atoms with Gasteiger partial charge < -0.3 is 10.1 Å². The van der Waals surface area contributed by atoms with E-state index in [1.54, 1.807) is 42.5 Å². The van der Waals surface area contributed by atoms with Gasteiger partial charge in [-0.15, -0.1) is 0 Å². The molecule has 0 spiro atoms. The van der Waals surface area contributed by atoms with Crippen LogP contribution in [0.4, 0.5) is 4.39 Å². The number of rotatable bonds is 9. The molecule has 3 aromatic rings. The van der Waals surface area contributed by atoms with Crippen LogP contribution >= 0.6 is 23.2 Å². The van der Waals surface area contributed by atoms with Gasteiger partial charge >= 0.3 is 0 Å². The van der Waals surface area contributed by atoms with E-state index in [0.29, 0.717) is 15.6 Å². The Kier molecular flexibility index (Phi) is 8.31. The van der Waals surface area contributed by atoms with Gasteiger partial charge in [0.05, 0.1) is 7.11 Å². The van der Waals surface area contributed by atoms with Crippen molar-refractivity contribution in [1.29, 1.82) is 0 Å². The highest BCUT2D eigenvalue weighted by molar-refractivity contribution is 7.89. The van der Waals surface area contributed by atoms with Crippen molar-refractivity contribution in [3.63, 3.8) is 0 Å². The van der Waals surface area contributed by atoms with Crippen LogP contribution in [0.15, 0.2) is 71.6 Å². The van der Waals surface area contributed by atoms with E-state index in [0.717, 1.165) is 17.7 Å². The average molecular weight is 511 g/mol. The monoisotopic (exact) mass is 510 g/mol. The first-order valence-corrected chi connectivity index (χ1v) is 12.0. The first-order valence-electron chi connectivity index (χ1n) is 9.81. The third kappa shape index (κ3) is 6.68. The van der Waals surface area contributed by atoms with E-state index in [4.69, 9.17) is 27.9 Å². The highest BCUT2D eigenvalue weighted by Crippen LogP contribution is 2.25. The highest BCUT2D eigenvalue weighted by Gasteiger charge is 2.28. The van der Waals surface area contributed by atoms with Crippen molar-refractivity contribution in [2.75, 3.05) is 7.11 Å². The number of hydrogen-bond donors (Lipinski definition) is 2. The molecule has 0 saturated carbocycles. The summed E-state index contributed by atoms with van der Waals surface area (Å²) in [6, 6.07) is 15.7. The Hall–Kier alpha value is -2.65. The van der Waals surface area contributed by atoms with Crippen molar-refractivity contribution in [2.45, 2.75) is 23.9 Å². The molecule has 1 amide bonds. The van der Waals surface area contributed by atoms with E-state index in [1.165, 1.54) is 13.2 Å². The molecule has 0 aliphatic rings. The van der Waals surface area contributed by atoms with Gasteiger partial charge in [0.15, 0.2) is 0 Å². The molecule has 2 N–H and O–H groups in total. The van der Waals surface area contributed by atoms with Crippen LogP contribution in [0, 0.1) is 5.82 Å². The van der Waals surface area contributed by atoms with Crippen molar-refractivity contribution in [1.82, 2.24) is 10.0 Å². The van der Waals surface area contributed by atoms with Crippen LogP contribution in [0.2, 0.25) is 10.0 Å². The first kappa shape index (κ1) is 25.0. The molecule has 0 fully saturated rings. The maximum atomic E-state index is 13.8. The minimum absolute atomic E-state index is 0.0456. The lowest BCUT2D eigenvalue weighted by Gasteiger charge is -2.20. The number of methoxy groups -OCH3 is 1. The molecule has 0 bridgehead atoms. The maximum absolute atomic E-state index is 13.8. The lowest BCUT2D eigenvalue weighted by atomic mass is 10.1. The zero-order valence-corrected chi connectivity index (χ0v) is 19.8. The van der Waals surface area contributed by atoms with Crippen LogP contribution in [0.3, 0.4) is 0 Å². The fourth-order valence-corrected chi connectivity index (χ4v) is 4.97. The van der Waals surface area contributed by atoms with Gasteiger partial charge in [-0.3, -0.25) is 4.79 Å². The van der Waals surface area contributed by atoms with E-state index < -0.39 is 32.7 Å². The Morgan fingerprint density at radius 1 is 1.06 bits per heavy atom. The van der Waals surface area contributed by atoms with Crippen molar-refractivity contribution in [3.8, 4) is 5.75 Å². The van der Waals surface area contributed by atoms with E-state index >= 15 is 0 Å². The Bertz CT molecular complexity index is 1240. The van der Waals surface area contributed by atoms with E-state index in [1.807, 2.05) is 6.07 Å². The van der Waals surface area contributed by atoms with Crippen molar-refractivity contribution in [2.24, 2.45) is 0 Å². The fourth-order valence-electron chi connectivity index (χ4n) is 3.12. The van der Waals surface area contributed by atoms with Crippen molar-refractivity contribution < 1.29 is 22.3 Å². The van der Waals surface area contributed by atoms with Gasteiger partial charge in [-0.25, -0.2) is 12.8 Å². The third-order valence-electron chi connectivity index (χ3n) is 4.78. The second-order valence-corrected chi connectivity index (χ2v) is 9.64. The van der Waals surface area contributed by atoms with Gasteiger partial charge in [0.25, 0.3) is 0 Å². The van der Waals surface area contributed by atoms with E-state index in [9.17, 15) is 17.6 Å². The Balaban J connectivity index is 1.86. The predicted octanol–water partition coefficient (Wildman–Crippen LogP) is 4.35. The van der Waals surface area contributed by atoms with Crippen LogP contribution < -0.4 is 14.8 Å². The molecule has 6 nitrogen and oxygen atoms in total. The fraction of sp³-hybridized carbons (Fsp3) is 0.174. The Morgan fingerprint density at radius 3 is 2.45 bits per heavy atom. The number of sulfonamides is 1. The summed E-state index contributed by atoms with van der Waals surface area (Å²) in [7, 11) is -3.03. The summed E-state index contributed by atoms with van der Waals surface area (Å²) in [5, 5.41) is 3.52. The minimum Gasteiger partial charge on any atom is -0.495 e. The summed E-state index contributed by atoms with van der Waals surface area (Å²) in [4.78, 5) is 12.6. The van der Waals surface area contributed by atoms with E-state index in [-0.39, 0.29) is 18.7 Å². The molecule has 174 valence electrons. The summed E-state index contributed by atoms with van der Waals surface area (Å²) in [6.07, 6.45) is 0.0673. The summed E-state index contributed by atoms with van der Waals surface area (Å²) in [5.41, 5.74) is 1.35. The first-order chi connectivity index (χ1) is 15.7. The molecule has 0 radical (unpaired) electrons. The van der Waals surface area contributed by atoms with Crippen LogP contribution in [-0.2, 0) is 27.8 Å². The van der Waals surface area contributed by atoms with Gasteiger partial charge in [0.1, 0.15) is 22.5 Å². The lowest BCUT2D eigenvalue weighted by Crippen LogP contribution is -2.47. The van der Waals surface area contributed by atoms with Gasteiger partial charge in [0.2, 0.25) is 15.9 Å². The largest absolute Gasteiger partial charge is 0.495 e. The number of nitrogens with one attached hydrogen (secondary N) is 2. The number of ether oxygens (including phenoxy) is 1. The molecule has 1 unspecified atom stereocenters. The maximum Gasteiger partial charge on any atom is 0.245 e. The molecule has 3 aromatic carbocycles. The number of carbonyl (C=O) groups is 1. The molecule has 33 heavy (non-hydrogen) atoms. The van der Waals surface area contributed by atoms with Crippen LogP contribution in [0.1, 0.15) is 11.1 Å².